The summed E-state index contributed by atoms with van der Waals surface area (Å²) < 4.78 is 42.9. The zero-order valence-electron chi connectivity index (χ0n) is 13.3. The van der Waals surface area contributed by atoms with Crippen LogP contribution in [0, 0.1) is 0 Å². The van der Waals surface area contributed by atoms with Gasteiger partial charge in [0.05, 0.1) is 13.2 Å². The van der Waals surface area contributed by atoms with Crippen molar-refractivity contribution in [3.63, 3.8) is 0 Å². The zero-order chi connectivity index (χ0) is 17.9. The number of hydrogen-bond acceptors (Lipinski definition) is 4. The molecule has 2 aromatic rings. The van der Waals surface area contributed by atoms with E-state index >= 15 is 0 Å². The molecule has 1 aromatic heterocycles. The second kappa shape index (κ2) is 7.58. The van der Waals surface area contributed by atoms with Crippen LogP contribution in [-0.4, -0.2) is 35.8 Å². The van der Waals surface area contributed by atoms with Crippen LogP contribution < -0.4 is 4.90 Å². The van der Waals surface area contributed by atoms with Gasteiger partial charge in [-0.15, -0.1) is 0 Å². The molecule has 1 atom stereocenters. The van der Waals surface area contributed by atoms with E-state index in [1.165, 1.54) is 12.3 Å². The van der Waals surface area contributed by atoms with Gasteiger partial charge in [0.1, 0.15) is 6.10 Å². The molecule has 1 aliphatic rings. The molecular weight excluding hydrogens is 355 g/mol. The smallest absolute Gasteiger partial charge is 0.370 e. The highest BCUT2D eigenvalue weighted by Crippen LogP contribution is 2.26. The van der Waals surface area contributed by atoms with Gasteiger partial charge in [0.2, 0.25) is 5.95 Å². The standard InChI is InChI=1S/C17H17ClF3N3O/c18-13-3-1-12(2-4-13)15-11-24(9-10-25-15)16-22-8-6-14(23-16)5-7-17(19,20)21/h1-4,6,8,15H,5,7,9-11H2. The van der Waals surface area contributed by atoms with Gasteiger partial charge < -0.3 is 9.64 Å². The van der Waals surface area contributed by atoms with Gasteiger partial charge in [0.15, 0.2) is 0 Å². The molecule has 0 saturated carbocycles. The largest absolute Gasteiger partial charge is 0.389 e. The third kappa shape index (κ3) is 5.06. The van der Waals surface area contributed by atoms with Gasteiger partial charge in [0, 0.05) is 29.9 Å². The Morgan fingerprint density at radius 3 is 2.68 bits per heavy atom. The predicted octanol–water partition coefficient (Wildman–Crippen LogP) is 4.20. The monoisotopic (exact) mass is 371 g/mol. The van der Waals surface area contributed by atoms with Gasteiger partial charge in [-0.1, -0.05) is 23.7 Å². The van der Waals surface area contributed by atoms with E-state index in [9.17, 15) is 13.2 Å². The average molecular weight is 372 g/mol. The number of halogens is 4. The van der Waals surface area contributed by atoms with E-state index < -0.39 is 12.6 Å². The molecule has 1 saturated heterocycles. The number of rotatable bonds is 4. The van der Waals surface area contributed by atoms with Gasteiger partial charge in [0.25, 0.3) is 0 Å². The number of aromatic nitrogens is 2. The number of nitrogens with zero attached hydrogens (tertiary/aromatic N) is 3. The molecule has 1 unspecified atom stereocenters. The molecule has 0 N–H and O–H groups in total. The molecule has 0 amide bonds. The molecule has 0 aliphatic carbocycles. The molecule has 2 heterocycles. The normalized spacial score (nSPS) is 18.4. The number of alkyl halides is 3. The maximum Gasteiger partial charge on any atom is 0.389 e. The summed E-state index contributed by atoms with van der Waals surface area (Å²) in [6.07, 6.45) is -3.89. The Hall–Kier alpha value is -1.86. The summed E-state index contributed by atoms with van der Waals surface area (Å²) in [5, 5.41) is 0.650. The van der Waals surface area contributed by atoms with E-state index in [0.717, 1.165) is 5.56 Å². The van der Waals surface area contributed by atoms with Gasteiger partial charge in [-0.2, -0.15) is 13.2 Å². The van der Waals surface area contributed by atoms with Crippen molar-refractivity contribution in [2.75, 3.05) is 24.6 Å². The third-order valence-corrected chi connectivity index (χ3v) is 4.21. The summed E-state index contributed by atoms with van der Waals surface area (Å²) in [5.41, 5.74) is 1.37. The Balaban J connectivity index is 1.69. The van der Waals surface area contributed by atoms with Gasteiger partial charge in [-0.05, 0) is 30.2 Å². The summed E-state index contributed by atoms with van der Waals surface area (Å²) in [6.45, 7) is 1.61. The lowest BCUT2D eigenvalue weighted by molar-refractivity contribution is -0.134. The van der Waals surface area contributed by atoms with E-state index in [1.807, 2.05) is 17.0 Å². The number of benzene rings is 1. The zero-order valence-corrected chi connectivity index (χ0v) is 14.1. The maximum absolute atomic E-state index is 12.4. The molecule has 0 bridgehead atoms. The Bertz CT molecular complexity index is 709. The molecule has 4 nitrogen and oxygen atoms in total. The quantitative estimate of drug-likeness (QED) is 0.807. The van der Waals surface area contributed by atoms with Crippen LogP contribution in [0.5, 0.6) is 0 Å². The van der Waals surface area contributed by atoms with Crippen LogP contribution >= 0.6 is 11.6 Å². The second-order valence-corrected chi connectivity index (χ2v) is 6.26. The van der Waals surface area contributed by atoms with Crippen molar-refractivity contribution in [2.45, 2.75) is 25.1 Å². The SMILES string of the molecule is FC(F)(F)CCc1ccnc(N2CCOC(c3ccc(Cl)cc3)C2)n1. The second-order valence-electron chi connectivity index (χ2n) is 5.82. The van der Waals surface area contributed by atoms with Crippen molar-refractivity contribution in [3.05, 3.63) is 52.8 Å². The van der Waals surface area contributed by atoms with Crippen molar-refractivity contribution < 1.29 is 17.9 Å². The van der Waals surface area contributed by atoms with Crippen LogP contribution in [0.1, 0.15) is 23.8 Å². The lowest BCUT2D eigenvalue weighted by atomic mass is 10.1. The number of hydrogen-bond donors (Lipinski definition) is 0. The molecule has 1 fully saturated rings. The Morgan fingerprint density at radius 2 is 1.96 bits per heavy atom. The van der Waals surface area contributed by atoms with Gasteiger partial charge in [-0.25, -0.2) is 9.97 Å². The Morgan fingerprint density at radius 1 is 1.20 bits per heavy atom. The summed E-state index contributed by atoms with van der Waals surface area (Å²) >= 11 is 5.90. The van der Waals surface area contributed by atoms with E-state index in [-0.39, 0.29) is 12.5 Å². The minimum absolute atomic E-state index is 0.149. The summed E-state index contributed by atoms with van der Waals surface area (Å²) in [5.74, 6) is 0.432. The highest BCUT2D eigenvalue weighted by Gasteiger charge is 2.27. The summed E-state index contributed by atoms with van der Waals surface area (Å²) in [4.78, 5) is 10.4. The van der Waals surface area contributed by atoms with Gasteiger partial charge >= 0.3 is 6.18 Å². The molecule has 1 aromatic carbocycles. The highest BCUT2D eigenvalue weighted by atomic mass is 35.5. The van der Waals surface area contributed by atoms with Gasteiger partial charge in [-0.3, -0.25) is 0 Å². The number of morpholine rings is 1. The highest BCUT2D eigenvalue weighted by molar-refractivity contribution is 6.30. The molecular formula is C17H17ClF3N3O. The first kappa shape index (κ1) is 17.9. The van der Waals surface area contributed by atoms with Crippen LogP contribution in [0.3, 0.4) is 0 Å². The van der Waals surface area contributed by atoms with Crippen LogP contribution in [0.2, 0.25) is 5.02 Å². The first-order valence-corrected chi connectivity index (χ1v) is 8.29. The van der Waals surface area contributed by atoms with E-state index in [4.69, 9.17) is 16.3 Å². The summed E-state index contributed by atoms with van der Waals surface area (Å²) in [6, 6.07) is 8.92. The molecule has 8 heteroatoms. The van der Waals surface area contributed by atoms with Crippen molar-refractivity contribution in [1.82, 2.24) is 9.97 Å². The van der Waals surface area contributed by atoms with Crippen molar-refractivity contribution in [2.24, 2.45) is 0 Å². The fourth-order valence-electron chi connectivity index (χ4n) is 2.66. The fourth-order valence-corrected chi connectivity index (χ4v) is 2.78. The minimum Gasteiger partial charge on any atom is -0.370 e. The first-order valence-electron chi connectivity index (χ1n) is 7.91. The summed E-state index contributed by atoms with van der Waals surface area (Å²) in [7, 11) is 0. The minimum atomic E-state index is -4.19. The van der Waals surface area contributed by atoms with Crippen LogP contribution in [0.15, 0.2) is 36.5 Å². The molecule has 25 heavy (non-hydrogen) atoms. The topological polar surface area (TPSA) is 38.2 Å². The fraction of sp³-hybridized carbons (Fsp3) is 0.412. The number of aryl methyl sites for hydroxylation is 1. The first-order chi connectivity index (χ1) is 11.9. The Kier molecular flexibility index (Phi) is 5.44. The lowest BCUT2D eigenvalue weighted by Crippen LogP contribution is -2.39. The average Bonchev–Trinajstić information content (AvgIpc) is 2.60. The van der Waals surface area contributed by atoms with Crippen LogP contribution in [-0.2, 0) is 11.2 Å². The predicted molar refractivity (Wildman–Crippen MR) is 88.8 cm³/mol. The number of ether oxygens (including phenoxy) is 1. The molecule has 0 radical (unpaired) electrons. The number of anilines is 1. The Labute approximate surface area is 148 Å². The molecule has 1 aliphatic heterocycles. The maximum atomic E-state index is 12.4. The van der Waals surface area contributed by atoms with E-state index in [1.54, 1.807) is 12.1 Å². The lowest BCUT2D eigenvalue weighted by Gasteiger charge is -2.33. The molecule has 134 valence electrons. The van der Waals surface area contributed by atoms with Crippen molar-refractivity contribution in [3.8, 4) is 0 Å². The van der Waals surface area contributed by atoms with Crippen molar-refractivity contribution in [1.29, 1.82) is 0 Å². The van der Waals surface area contributed by atoms with Crippen LogP contribution in [0.4, 0.5) is 19.1 Å². The molecule has 0 spiro atoms. The van der Waals surface area contributed by atoms with E-state index in [0.29, 0.717) is 36.4 Å². The van der Waals surface area contributed by atoms with E-state index in [2.05, 4.69) is 9.97 Å². The van der Waals surface area contributed by atoms with Crippen molar-refractivity contribution >= 4 is 17.5 Å². The molecule has 3 rings (SSSR count). The van der Waals surface area contributed by atoms with Crippen LogP contribution in [0.25, 0.3) is 0 Å². The third-order valence-electron chi connectivity index (χ3n) is 3.96.